The van der Waals surface area contributed by atoms with Crippen LogP contribution in [0.3, 0.4) is 0 Å². The van der Waals surface area contributed by atoms with Crippen molar-refractivity contribution in [1.82, 2.24) is 10.6 Å². The molecule has 1 aliphatic heterocycles. The Morgan fingerprint density at radius 2 is 1.59 bits per heavy atom. The minimum Gasteiger partial charge on any atom is -0.396 e. The van der Waals surface area contributed by atoms with Gasteiger partial charge in [-0.15, -0.1) is 0 Å². The van der Waals surface area contributed by atoms with Gasteiger partial charge in [0.2, 0.25) is 0 Å². The molecule has 2 aliphatic rings. The first-order chi connectivity index (χ1) is 10.6. The van der Waals surface area contributed by atoms with Gasteiger partial charge in [-0.25, -0.2) is 4.79 Å². The van der Waals surface area contributed by atoms with E-state index in [2.05, 4.69) is 17.6 Å². The fourth-order valence-corrected chi connectivity index (χ4v) is 3.75. The molecule has 1 aliphatic carbocycles. The quantitative estimate of drug-likeness (QED) is 0.705. The molecule has 0 aromatic carbocycles. The van der Waals surface area contributed by atoms with Gasteiger partial charge in [0.1, 0.15) is 0 Å². The molecule has 0 atom stereocenters. The molecule has 0 aromatic heterocycles. The first kappa shape index (κ1) is 17.5. The number of nitrogens with one attached hydrogen (secondary N) is 2. The number of rotatable bonds is 6. The standard InChI is InChI=1S/C17H32N2O3/c1-2-16(6-4-3-5-7-16)12-18-15(21)19-13-17(14-20)8-10-22-11-9-17/h20H,2-14H2,1H3,(H2,18,19,21). The van der Waals surface area contributed by atoms with Crippen LogP contribution in [0.5, 0.6) is 0 Å². The van der Waals surface area contributed by atoms with Crippen LogP contribution in [0.15, 0.2) is 0 Å². The number of hydrogen-bond acceptors (Lipinski definition) is 3. The van der Waals surface area contributed by atoms with Gasteiger partial charge in [0.15, 0.2) is 0 Å². The molecule has 0 radical (unpaired) electrons. The number of aliphatic hydroxyl groups excluding tert-OH is 1. The molecule has 5 heteroatoms. The third-order valence-electron chi connectivity index (χ3n) is 5.80. The van der Waals surface area contributed by atoms with Crippen LogP contribution in [-0.2, 0) is 4.74 Å². The van der Waals surface area contributed by atoms with Gasteiger partial charge < -0.3 is 20.5 Å². The van der Waals surface area contributed by atoms with Crippen molar-refractivity contribution in [1.29, 1.82) is 0 Å². The molecule has 22 heavy (non-hydrogen) atoms. The molecule has 1 saturated heterocycles. The summed E-state index contributed by atoms with van der Waals surface area (Å²) in [5.74, 6) is 0. The second-order valence-electron chi connectivity index (χ2n) is 7.22. The number of amides is 2. The maximum Gasteiger partial charge on any atom is 0.314 e. The Hall–Kier alpha value is -0.810. The molecule has 1 saturated carbocycles. The van der Waals surface area contributed by atoms with Crippen LogP contribution in [0.2, 0.25) is 0 Å². The van der Waals surface area contributed by atoms with Crippen LogP contribution in [0.25, 0.3) is 0 Å². The third kappa shape index (κ3) is 4.59. The second-order valence-corrected chi connectivity index (χ2v) is 7.22. The Balaban J connectivity index is 1.75. The molecule has 3 N–H and O–H groups in total. The molecule has 2 amide bonds. The van der Waals surface area contributed by atoms with Crippen molar-refractivity contribution in [2.75, 3.05) is 32.9 Å². The smallest absolute Gasteiger partial charge is 0.314 e. The van der Waals surface area contributed by atoms with E-state index in [4.69, 9.17) is 4.74 Å². The normalized spacial score (nSPS) is 23.7. The Morgan fingerprint density at radius 1 is 1.00 bits per heavy atom. The van der Waals surface area contributed by atoms with Crippen LogP contribution in [0.4, 0.5) is 4.79 Å². The average Bonchev–Trinajstić information content (AvgIpc) is 2.60. The summed E-state index contributed by atoms with van der Waals surface area (Å²) in [5.41, 5.74) is 0.0891. The monoisotopic (exact) mass is 312 g/mol. The fourth-order valence-electron chi connectivity index (χ4n) is 3.75. The van der Waals surface area contributed by atoms with E-state index in [-0.39, 0.29) is 18.1 Å². The molecular formula is C17H32N2O3. The average molecular weight is 312 g/mol. The van der Waals surface area contributed by atoms with Crippen molar-refractivity contribution in [2.45, 2.75) is 58.3 Å². The Labute approximate surface area is 134 Å². The molecular weight excluding hydrogens is 280 g/mol. The molecule has 0 unspecified atom stereocenters. The van der Waals surface area contributed by atoms with Crippen LogP contribution < -0.4 is 10.6 Å². The lowest BCUT2D eigenvalue weighted by Crippen LogP contribution is -2.48. The van der Waals surface area contributed by atoms with Gasteiger partial charge in [-0.05, 0) is 37.5 Å². The largest absolute Gasteiger partial charge is 0.396 e. The van der Waals surface area contributed by atoms with Gasteiger partial charge in [0.25, 0.3) is 0 Å². The fraction of sp³-hybridized carbons (Fsp3) is 0.941. The predicted molar refractivity (Wildman–Crippen MR) is 86.8 cm³/mol. The molecule has 2 fully saturated rings. The number of ether oxygens (including phenoxy) is 1. The molecule has 0 bridgehead atoms. The summed E-state index contributed by atoms with van der Waals surface area (Å²) in [5, 5.41) is 15.7. The zero-order valence-electron chi connectivity index (χ0n) is 14.0. The Morgan fingerprint density at radius 3 is 2.14 bits per heavy atom. The van der Waals surface area contributed by atoms with E-state index < -0.39 is 0 Å². The number of urea groups is 1. The lowest BCUT2D eigenvalue weighted by atomic mass is 9.72. The second kappa shape index (κ2) is 8.16. The predicted octanol–water partition coefficient (Wildman–Crippen LogP) is 2.44. The first-order valence-electron chi connectivity index (χ1n) is 8.84. The van der Waals surface area contributed by atoms with Gasteiger partial charge in [0, 0.05) is 31.7 Å². The maximum absolute atomic E-state index is 12.1. The Bertz CT molecular complexity index is 316. The molecule has 1 heterocycles. The topological polar surface area (TPSA) is 70.6 Å². The molecule has 0 aromatic rings. The van der Waals surface area contributed by atoms with E-state index in [1.54, 1.807) is 0 Å². The van der Waals surface area contributed by atoms with E-state index in [0.29, 0.717) is 25.2 Å². The summed E-state index contributed by atoms with van der Waals surface area (Å²) in [4.78, 5) is 12.1. The lowest BCUT2D eigenvalue weighted by Gasteiger charge is -2.37. The highest BCUT2D eigenvalue weighted by molar-refractivity contribution is 5.73. The van der Waals surface area contributed by atoms with E-state index >= 15 is 0 Å². The molecule has 128 valence electrons. The minimum absolute atomic E-state index is 0.0993. The van der Waals surface area contributed by atoms with Gasteiger partial charge in [-0.1, -0.05) is 26.2 Å². The highest BCUT2D eigenvalue weighted by atomic mass is 16.5. The highest BCUT2D eigenvalue weighted by Crippen LogP contribution is 2.38. The van der Waals surface area contributed by atoms with Crippen LogP contribution >= 0.6 is 0 Å². The van der Waals surface area contributed by atoms with E-state index in [0.717, 1.165) is 25.8 Å². The summed E-state index contributed by atoms with van der Waals surface area (Å²) >= 11 is 0. The van der Waals surface area contributed by atoms with E-state index in [1.807, 2.05) is 0 Å². The summed E-state index contributed by atoms with van der Waals surface area (Å²) < 4.78 is 5.35. The summed E-state index contributed by atoms with van der Waals surface area (Å²) in [6.45, 7) is 4.97. The van der Waals surface area contributed by atoms with Crippen LogP contribution in [-0.4, -0.2) is 44.0 Å². The zero-order chi connectivity index (χ0) is 15.9. The maximum atomic E-state index is 12.1. The van der Waals surface area contributed by atoms with Crippen LogP contribution in [0, 0.1) is 10.8 Å². The number of hydrogen-bond donors (Lipinski definition) is 3. The van der Waals surface area contributed by atoms with Crippen molar-refractivity contribution in [3.63, 3.8) is 0 Å². The SMILES string of the molecule is CCC1(CNC(=O)NCC2(CO)CCOCC2)CCCCC1. The summed E-state index contributed by atoms with van der Waals surface area (Å²) in [6, 6.07) is -0.0993. The minimum atomic E-state index is -0.205. The van der Waals surface area contributed by atoms with Gasteiger partial charge in [0.05, 0.1) is 6.61 Å². The molecule has 5 nitrogen and oxygen atoms in total. The zero-order valence-corrected chi connectivity index (χ0v) is 14.0. The molecule has 0 spiro atoms. The van der Waals surface area contributed by atoms with Crippen LogP contribution in [0.1, 0.15) is 58.3 Å². The lowest BCUT2D eigenvalue weighted by molar-refractivity contribution is -0.0139. The van der Waals surface area contributed by atoms with Crippen molar-refractivity contribution in [2.24, 2.45) is 10.8 Å². The highest BCUT2D eigenvalue weighted by Gasteiger charge is 2.33. The summed E-state index contributed by atoms with van der Waals surface area (Å²) in [6.07, 6.45) is 9.09. The van der Waals surface area contributed by atoms with Gasteiger partial charge in [-0.3, -0.25) is 0 Å². The van der Waals surface area contributed by atoms with Gasteiger partial charge >= 0.3 is 6.03 Å². The van der Waals surface area contributed by atoms with Gasteiger partial charge in [-0.2, -0.15) is 0 Å². The van der Waals surface area contributed by atoms with Crippen molar-refractivity contribution in [3.8, 4) is 0 Å². The molecule has 2 rings (SSSR count). The number of carbonyl (C=O) groups excluding carboxylic acids is 1. The number of carbonyl (C=O) groups is 1. The number of aliphatic hydroxyl groups is 1. The third-order valence-corrected chi connectivity index (χ3v) is 5.80. The first-order valence-corrected chi connectivity index (χ1v) is 8.84. The van der Waals surface area contributed by atoms with E-state index in [1.165, 1.54) is 32.1 Å². The van der Waals surface area contributed by atoms with Crippen molar-refractivity contribution < 1.29 is 14.6 Å². The summed E-state index contributed by atoms with van der Waals surface area (Å²) in [7, 11) is 0. The van der Waals surface area contributed by atoms with Crippen molar-refractivity contribution >= 4 is 6.03 Å². The van der Waals surface area contributed by atoms with E-state index in [9.17, 15) is 9.90 Å². The van der Waals surface area contributed by atoms with Crippen molar-refractivity contribution in [3.05, 3.63) is 0 Å². The Kier molecular flexibility index (Phi) is 6.50.